The molecule has 0 radical (unpaired) electrons. The second-order valence-electron chi connectivity index (χ2n) is 6.23. The maximum absolute atomic E-state index is 13.3. The third-order valence-electron chi connectivity index (χ3n) is 3.64. The lowest BCUT2D eigenvalue weighted by atomic mass is 10.0. The van der Waals surface area contributed by atoms with Gasteiger partial charge in [0.05, 0.1) is 12.1 Å². The number of methoxy groups -OCH3 is 1. The van der Waals surface area contributed by atoms with Crippen molar-refractivity contribution in [2.24, 2.45) is 5.92 Å². The summed E-state index contributed by atoms with van der Waals surface area (Å²) >= 11 is 7.12. The molecule has 0 aliphatic heterocycles. The quantitative estimate of drug-likeness (QED) is 0.699. The third kappa shape index (κ3) is 5.40. The van der Waals surface area contributed by atoms with E-state index >= 15 is 0 Å². The van der Waals surface area contributed by atoms with Gasteiger partial charge < -0.3 is 14.8 Å². The van der Waals surface area contributed by atoms with Crippen LogP contribution in [-0.2, 0) is 19.1 Å². The Labute approximate surface area is 164 Å². The van der Waals surface area contributed by atoms with Crippen molar-refractivity contribution in [3.63, 3.8) is 0 Å². The van der Waals surface area contributed by atoms with E-state index in [1.807, 2.05) is 13.8 Å². The van der Waals surface area contributed by atoms with Crippen molar-refractivity contribution in [2.75, 3.05) is 13.7 Å². The van der Waals surface area contributed by atoms with Crippen LogP contribution in [0.2, 0.25) is 5.02 Å². The molecule has 2 aromatic rings. The van der Waals surface area contributed by atoms with Crippen molar-refractivity contribution in [1.29, 1.82) is 0 Å². The van der Waals surface area contributed by atoms with Gasteiger partial charge in [0, 0.05) is 10.1 Å². The first-order valence-corrected chi connectivity index (χ1v) is 9.34. The van der Waals surface area contributed by atoms with E-state index < -0.39 is 36.3 Å². The summed E-state index contributed by atoms with van der Waals surface area (Å²) in [7, 11) is 1.23. The van der Waals surface area contributed by atoms with E-state index in [4.69, 9.17) is 16.3 Å². The van der Waals surface area contributed by atoms with E-state index in [1.54, 1.807) is 0 Å². The minimum atomic E-state index is -0.822. The molecule has 27 heavy (non-hydrogen) atoms. The van der Waals surface area contributed by atoms with Gasteiger partial charge >= 0.3 is 11.9 Å². The highest BCUT2D eigenvalue weighted by Gasteiger charge is 2.24. The molecule has 1 amide bonds. The lowest BCUT2D eigenvalue weighted by Crippen LogP contribution is -2.44. The molecule has 2 rings (SSSR count). The number of amides is 1. The number of ether oxygens (including phenoxy) is 2. The highest BCUT2D eigenvalue weighted by molar-refractivity contribution is 7.21. The van der Waals surface area contributed by atoms with Crippen molar-refractivity contribution in [3.8, 4) is 0 Å². The number of nitrogens with one attached hydrogen (secondary N) is 1. The Kier molecular flexibility index (Phi) is 7.15. The standard InChI is InChI=1S/C18H19ClFNO5S/c1-9(2)6-12(17(23)25-3)21-14(22)8-26-18(24)16-15(19)11-5-4-10(20)7-13(11)27-16/h4-5,7,9,12H,6,8H2,1-3H3,(H,21,22)/t12-/m0/s1. The zero-order valence-electron chi connectivity index (χ0n) is 15.0. The summed E-state index contributed by atoms with van der Waals surface area (Å²) in [5, 5.41) is 3.16. The van der Waals surface area contributed by atoms with Gasteiger partial charge in [-0.25, -0.2) is 14.0 Å². The SMILES string of the molecule is COC(=O)[C@H](CC(C)C)NC(=O)COC(=O)c1sc2cc(F)ccc2c1Cl. The first-order chi connectivity index (χ1) is 12.7. The van der Waals surface area contributed by atoms with Gasteiger partial charge in [-0.15, -0.1) is 11.3 Å². The van der Waals surface area contributed by atoms with Crippen LogP contribution in [0.3, 0.4) is 0 Å². The number of hydrogen-bond donors (Lipinski definition) is 1. The number of halogens is 2. The molecule has 146 valence electrons. The van der Waals surface area contributed by atoms with E-state index in [9.17, 15) is 18.8 Å². The number of carbonyl (C=O) groups is 3. The number of fused-ring (bicyclic) bond motifs is 1. The van der Waals surface area contributed by atoms with Crippen LogP contribution in [0.5, 0.6) is 0 Å². The molecular weight excluding hydrogens is 397 g/mol. The zero-order chi connectivity index (χ0) is 20.1. The monoisotopic (exact) mass is 415 g/mol. The number of carbonyl (C=O) groups excluding carboxylic acids is 3. The first kappa shape index (κ1) is 21.1. The number of hydrogen-bond acceptors (Lipinski definition) is 6. The van der Waals surface area contributed by atoms with E-state index in [1.165, 1.54) is 25.3 Å². The predicted molar refractivity (Wildman–Crippen MR) is 100 cm³/mol. The van der Waals surface area contributed by atoms with Crippen molar-refractivity contribution in [1.82, 2.24) is 5.32 Å². The summed E-state index contributed by atoms with van der Waals surface area (Å²) in [5.74, 6) is -2.30. The average molecular weight is 416 g/mol. The fraction of sp³-hybridized carbons (Fsp3) is 0.389. The van der Waals surface area contributed by atoms with Crippen LogP contribution < -0.4 is 5.32 Å². The van der Waals surface area contributed by atoms with E-state index in [2.05, 4.69) is 10.1 Å². The summed E-state index contributed by atoms with van der Waals surface area (Å²) < 4.78 is 23.4. The van der Waals surface area contributed by atoms with Gasteiger partial charge in [-0.3, -0.25) is 4.79 Å². The fourth-order valence-corrected chi connectivity index (χ4v) is 3.86. The maximum atomic E-state index is 13.3. The van der Waals surface area contributed by atoms with Crippen LogP contribution in [0.4, 0.5) is 4.39 Å². The zero-order valence-corrected chi connectivity index (χ0v) is 16.6. The highest BCUT2D eigenvalue weighted by atomic mass is 35.5. The molecular formula is C18H19ClFNO5S. The van der Waals surface area contributed by atoms with Crippen LogP contribution in [0.25, 0.3) is 10.1 Å². The van der Waals surface area contributed by atoms with Gasteiger partial charge in [0.2, 0.25) is 0 Å². The predicted octanol–water partition coefficient (Wildman–Crippen LogP) is 3.55. The summed E-state index contributed by atoms with van der Waals surface area (Å²) in [5.41, 5.74) is 0. The molecule has 0 bridgehead atoms. The van der Waals surface area contributed by atoms with Crippen molar-refractivity contribution in [2.45, 2.75) is 26.3 Å². The summed E-state index contributed by atoms with van der Waals surface area (Å²) in [6, 6.07) is 3.16. The Balaban J connectivity index is 2.01. The Bertz CT molecular complexity index is 867. The fourth-order valence-electron chi connectivity index (χ4n) is 2.43. The van der Waals surface area contributed by atoms with Crippen LogP contribution in [0.1, 0.15) is 29.9 Å². The summed E-state index contributed by atoms with van der Waals surface area (Å²) in [6.07, 6.45) is 0.389. The number of benzene rings is 1. The van der Waals surface area contributed by atoms with Crippen molar-refractivity contribution >= 4 is 50.9 Å². The Hall–Kier alpha value is -2.19. The molecule has 0 saturated heterocycles. The summed E-state index contributed by atoms with van der Waals surface area (Å²) in [6.45, 7) is 3.21. The van der Waals surface area contributed by atoms with Crippen molar-refractivity contribution in [3.05, 3.63) is 33.9 Å². The number of esters is 2. The van der Waals surface area contributed by atoms with Crippen molar-refractivity contribution < 1.29 is 28.2 Å². The molecule has 9 heteroatoms. The Morgan fingerprint density at radius 3 is 2.63 bits per heavy atom. The largest absolute Gasteiger partial charge is 0.467 e. The molecule has 0 aliphatic rings. The van der Waals surface area contributed by atoms with Crippen LogP contribution >= 0.6 is 22.9 Å². The number of rotatable bonds is 7. The van der Waals surface area contributed by atoms with Crippen LogP contribution in [0, 0.1) is 11.7 Å². The minimum absolute atomic E-state index is 0.0803. The normalized spacial score (nSPS) is 12.1. The highest BCUT2D eigenvalue weighted by Crippen LogP contribution is 2.36. The van der Waals surface area contributed by atoms with Gasteiger partial charge in [-0.05, 0) is 30.5 Å². The molecule has 1 aromatic heterocycles. The minimum Gasteiger partial charge on any atom is -0.467 e. The van der Waals surface area contributed by atoms with E-state index in [0.717, 1.165) is 11.3 Å². The third-order valence-corrected chi connectivity index (χ3v) is 5.28. The topological polar surface area (TPSA) is 81.7 Å². The molecule has 0 spiro atoms. The van der Waals surface area contributed by atoms with Gasteiger partial charge in [0.15, 0.2) is 6.61 Å². The maximum Gasteiger partial charge on any atom is 0.350 e. The molecule has 1 atom stereocenters. The molecule has 1 N–H and O–H groups in total. The smallest absolute Gasteiger partial charge is 0.350 e. The Morgan fingerprint density at radius 2 is 2.00 bits per heavy atom. The van der Waals surface area contributed by atoms with Gasteiger partial charge in [-0.2, -0.15) is 0 Å². The lowest BCUT2D eigenvalue weighted by Gasteiger charge is -2.18. The molecule has 1 heterocycles. The number of thiophene rings is 1. The molecule has 0 unspecified atom stereocenters. The van der Waals surface area contributed by atoms with Gasteiger partial charge in [0.25, 0.3) is 5.91 Å². The van der Waals surface area contributed by atoms with Gasteiger partial charge in [-0.1, -0.05) is 25.4 Å². The average Bonchev–Trinajstić information content (AvgIpc) is 2.94. The van der Waals surface area contributed by atoms with Gasteiger partial charge in [0.1, 0.15) is 16.7 Å². The molecule has 6 nitrogen and oxygen atoms in total. The summed E-state index contributed by atoms with van der Waals surface area (Å²) in [4.78, 5) is 36.0. The second-order valence-corrected chi connectivity index (χ2v) is 7.66. The second kappa shape index (κ2) is 9.14. The Morgan fingerprint density at radius 1 is 1.30 bits per heavy atom. The molecule has 0 aliphatic carbocycles. The van der Waals surface area contributed by atoms with Crippen LogP contribution in [-0.4, -0.2) is 37.6 Å². The van der Waals surface area contributed by atoms with E-state index in [-0.39, 0.29) is 15.8 Å². The lowest BCUT2D eigenvalue weighted by molar-refractivity contribution is -0.145. The van der Waals surface area contributed by atoms with Crippen LogP contribution in [0.15, 0.2) is 18.2 Å². The first-order valence-electron chi connectivity index (χ1n) is 8.14. The molecule has 0 fully saturated rings. The van der Waals surface area contributed by atoms with E-state index in [0.29, 0.717) is 16.5 Å². The molecule has 1 aromatic carbocycles. The molecule has 0 saturated carbocycles.